The normalized spacial score (nSPS) is 28.3. The summed E-state index contributed by atoms with van der Waals surface area (Å²) >= 11 is 5.97. The number of nitrogens with two attached hydrogens (primary N) is 1. The number of nitrogens with one attached hydrogen (secondary N) is 1. The van der Waals surface area contributed by atoms with Gasteiger partial charge in [0.25, 0.3) is 0 Å². The molecular weight excluding hydrogens is 621 g/mol. The van der Waals surface area contributed by atoms with Crippen LogP contribution in [-0.4, -0.2) is 89.6 Å². The van der Waals surface area contributed by atoms with Crippen molar-refractivity contribution in [3.8, 4) is 17.3 Å². The van der Waals surface area contributed by atoms with Crippen LogP contribution in [0.1, 0.15) is 37.7 Å². The number of methoxy groups -OCH3 is 1. The number of hydrogen-bond acceptors (Lipinski definition) is 9. The molecule has 9 nitrogen and oxygen atoms in total. The maximum Gasteiger partial charge on any atom is 0.418 e. The predicted molar refractivity (Wildman–Crippen MR) is 159 cm³/mol. The molecule has 45 heavy (non-hydrogen) atoms. The minimum Gasteiger partial charge on any atom is -0.461 e. The van der Waals surface area contributed by atoms with Gasteiger partial charge in [-0.25, -0.2) is 8.78 Å². The Balaban J connectivity index is 1.35. The lowest BCUT2D eigenvalue weighted by Gasteiger charge is -2.41. The van der Waals surface area contributed by atoms with Crippen LogP contribution in [0.3, 0.4) is 0 Å². The number of fused-ring (bicyclic) bond motifs is 4. The summed E-state index contributed by atoms with van der Waals surface area (Å²) in [6.07, 6.45) is -0.888. The third kappa shape index (κ3) is 5.33. The van der Waals surface area contributed by atoms with Crippen molar-refractivity contribution >= 4 is 34.0 Å². The molecule has 4 aliphatic heterocycles. The highest BCUT2D eigenvalue weighted by atomic mass is 35.5. The number of hydrogen-bond donors (Lipinski definition) is 2. The van der Waals surface area contributed by atoms with Gasteiger partial charge in [0.2, 0.25) is 0 Å². The molecule has 242 valence electrons. The molecule has 0 aliphatic carbocycles. The van der Waals surface area contributed by atoms with Gasteiger partial charge in [0.05, 0.1) is 33.7 Å². The summed E-state index contributed by atoms with van der Waals surface area (Å²) in [4.78, 5) is 17.3. The summed E-state index contributed by atoms with van der Waals surface area (Å²) < 4.78 is 85.0. The molecule has 0 radical (unpaired) electrons. The number of alkyl halides is 4. The Morgan fingerprint density at radius 1 is 1.18 bits per heavy atom. The second-order valence-corrected chi connectivity index (χ2v) is 13.2. The molecule has 7 rings (SSSR count). The van der Waals surface area contributed by atoms with Crippen LogP contribution in [0.25, 0.3) is 22.2 Å². The smallest absolute Gasteiger partial charge is 0.418 e. The number of rotatable bonds is 7. The van der Waals surface area contributed by atoms with Crippen molar-refractivity contribution in [1.29, 1.82) is 0 Å². The molecule has 2 aromatic heterocycles. The third-order valence-electron chi connectivity index (χ3n) is 9.66. The first kappa shape index (κ1) is 30.6. The number of aromatic nitrogens is 3. The van der Waals surface area contributed by atoms with Crippen molar-refractivity contribution in [1.82, 2.24) is 25.2 Å². The second kappa shape index (κ2) is 11.0. The summed E-state index contributed by atoms with van der Waals surface area (Å²) in [6, 6.07) is 1.93. The third-order valence-corrected chi connectivity index (χ3v) is 9.96. The van der Waals surface area contributed by atoms with E-state index >= 15 is 4.39 Å². The fourth-order valence-electron chi connectivity index (χ4n) is 7.85. The zero-order valence-corrected chi connectivity index (χ0v) is 25.3. The highest BCUT2D eigenvalue weighted by Crippen LogP contribution is 2.45. The van der Waals surface area contributed by atoms with E-state index < -0.39 is 45.5 Å². The van der Waals surface area contributed by atoms with Crippen LogP contribution in [-0.2, 0) is 10.9 Å². The lowest BCUT2D eigenvalue weighted by atomic mass is 9.95. The SMILES string of the molecule is COC[C@@]12CC[C@@H](CN(c3nc(OC[C@@]45CCCN4C[C@H](F)C5)nc4c(F)c(-c5cc(N)cc(Cl)c5C(F)(F)F)ncc34)C1)N2. The molecule has 0 saturated carbocycles. The van der Waals surface area contributed by atoms with Gasteiger partial charge in [-0.1, -0.05) is 11.6 Å². The minimum absolute atomic E-state index is 0.0838. The molecule has 2 bridgehead atoms. The fraction of sp³-hybridized carbons (Fsp3) is 0.567. The predicted octanol–water partition coefficient (Wildman–Crippen LogP) is 5.00. The van der Waals surface area contributed by atoms with Crippen molar-refractivity contribution < 1.29 is 31.4 Å². The minimum atomic E-state index is -4.91. The van der Waals surface area contributed by atoms with Crippen LogP contribution in [0.4, 0.5) is 33.5 Å². The Morgan fingerprint density at radius 3 is 2.78 bits per heavy atom. The van der Waals surface area contributed by atoms with Crippen LogP contribution in [0.15, 0.2) is 18.3 Å². The monoisotopic (exact) mass is 653 g/mol. The zero-order chi connectivity index (χ0) is 31.7. The van der Waals surface area contributed by atoms with E-state index in [1.165, 1.54) is 6.20 Å². The molecule has 4 saturated heterocycles. The lowest BCUT2D eigenvalue weighted by molar-refractivity contribution is -0.137. The van der Waals surface area contributed by atoms with Crippen molar-refractivity contribution in [3.63, 3.8) is 0 Å². The highest BCUT2D eigenvalue weighted by molar-refractivity contribution is 6.32. The van der Waals surface area contributed by atoms with E-state index in [4.69, 9.17) is 31.8 Å². The van der Waals surface area contributed by atoms with E-state index in [0.717, 1.165) is 44.4 Å². The van der Waals surface area contributed by atoms with E-state index in [1.54, 1.807) is 7.11 Å². The number of halogens is 6. The van der Waals surface area contributed by atoms with E-state index in [-0.39, 0.29) is 40.8 Å². The standard InChI is InChI=1S/C30H33ClF5N7O2/c1-44-14-28-5-3-18(41-28)12-42(13-28)26-20-10-38-24(19-7-17(37)8-21(31)22(19)30(34,35)36)23(33)25(20)39-27(40-26)45-15-29-4-2-6-43(29)11-16(32)9-29/h7-8,10,16,18,41H,2-6,9,11-15,37H2,1H3/t16-,18+,28-,29+/m1/s1. The Kier molecular flexibility index (Phi) is 7.49. The topological polar surface area (TPSA) is 102 Å². The van der Waals surface area contributed by atoms with E-state index in [1.807, 2.05) is 4.90 Å². The maximum absolute atomic E-state index is 16.5. The summed E-state index contributed by atoms with van der Waals surface area (Å²) in [7, 11) is 1.63. The number of piperazine rings is 1. The zero-order valence-electron chi connectivity index (χ0n) is 24.6. The van der Waals surface area contributed by atoms with Crippen LogP contribution in [0, 0.1) is 5.82 Å². The number of nitrogen functional groups attached to an aromatic ring is 1. The molecule has 4 aliphatic rings. The van der Waals surface area contributed by atoms with Crippen LogP contribution >= 0.6 is 11.6 Å². The maximum atomic E-state index is 16.5. The van der Waals surface area contributed by atoms with Crippen molar-refractivity contribution in [2.45, 2.75) is 61.6 Å². The van der Waals surface area contributed by atoms with Gasteiger partial charge in [0.15, 0.2) is 5.82 Å². The molecule has 0 amide bonds. The van der Waals surface area contributed by atoms with Crippen molar-refractivity contribution in [3.05, 3.63) is 34.7 Å². The van der Waals surface area contributed by atoms with E-state index in [0.29, 0.717) is 38.5 Å². The second-order valence-electron chi connectivity index (χ2n) is 12.8. The van der Waals surface area contributed by atoms with Gasteiger partial charge >= 0.3 is 12.2 Å². The van der Waals surface area contributed by atoms with E-state index in [9.17, 15) is 17.6 Å². The molecule has 1 aromatic carbocycles. The number of pyridine rings is 1. The average molecular weight is 654 g/mol. The summed E-state index contributed by atoms with van der Waals surface area (Å²) in [5.74, 6) is -0.748. The Bertz CT molecular complexity index is 1640. The van der Waals surface area contributed by atoms with Crippen molar-refractivity contribution in [2.75, 3.05) is 57.1 Å². The molecule has 4 atom stereocenters. The first-order valence-electron chi connectivity index (χ1n) is 15.0. The molecule has 0 unspecified atom stereocenters. The summed E-state index contributed by atoms with van der Waals surface area (Å²) in [6.45, 7) is 2.65. The molecule has 0 spiro atoms. The van der Waals surface area contributed by atoms with Gasteiger partial charge in [-0.05, 0) is 44.4 Å². The number of ether oxygens (including phenoxy) is 2. The Hall–Kier alpha value is -3.07. The molecule has 3 N–H and O–H groups in total. The first-order valence-corrected chi connectivity index (χ1v) is 15.3. The number of nitrogens with zero attached hydrogens (tertiary/aromatic N) is 5. The number of benzene rings is 1. The summed E-state index contributed by atoms with van der Waals surface area (Å²) in [5, 5.41) is 3.17. The molecule has 4 fully saturated rings. The van der Waals surface area contributed by atoms with Crippen LogP contribution in [0.5, 0.6) is 6.01 Å². The fourth-order valence-corrected chi connectivity index (χ4v) is 8.18. The molecule has 3 aromatic rings. The largest absolute Gasteiger partial charge is 0.461 e. The van der Waals surface area contributed by atoms with Gasteiger partial charge in [0.1, 0.15) is 29.8 Å². The quantitative estimate of drug-likeness (QED) is 0.270. The van der Waals surface area contributed by atoms with Crippen molar-refractivity contribution in [2.24, 2.45) is 0 Å². The van der Waals surface area contributed by atoms with Gasteiger partial charge in [-0.2, -0.15) is 23.1 Å². The highest BCUT2D eigenvalue weighted by Gasteiger charge is 2.50. The van der Waals surface area contributed by atoms with E-state index in [2.05, 4.69) is 20.2 Å². The lowest BCUT2D eigenvalue weighted by Crippen LogP contribution is -2.61. The number of anilines is 2. The molecule has 15 heteroatoms. The van der Waals surface area contributed by atoms with Gasteiger partial charge < -0.3 is 25.4 Å². The Labute approximate surface area is 261 Å². The molecular formula is C30H33ClF5N7O2. The summed E-state index contributed by atoms with van der Waals surface area (Å²) in [5.41, 5.74) is 2.16. The Morgan fingerprint density at radius 2 is 2.00 bits per heavy atom. The van der Waals surface area contributed by atoms with Gasteiger partial charge in [-0.3, -0.25) is 9.88 Å². The van der Waals surface area contributed by atoms with Gasteiger partial charge in [-0.15, -0.1) is 0 Å². The van der Waals surface area contributed by atoms with Crippen LogP contribution in [0.2, 0.25) is 5.02 Å². The first-order chi connectivity index (χ1) is 21.4. The van der Waals surface area contributed by atoms with Crippen LogP contribution < -0.4 is 20.7 Å². The van der Waals surface area contributed by atoms with Gasteiger partial charge in [0, 0.05) is 56.7 Å². The average Bonchev–Trinajstić information content (AvgIpc) is 3.59. The molecule has 6 heterocycles.